The van der Waals surface area contributed by atoms with Crippen molar-refractivity contribution in [3.05, 3.63) is 17.7 Å². The van der Waals surface area contributed by atoms with E-state index in [0.29, 0.717) is 5.71 Å². The number of hydrogen-bond donors (Lipinski definition) is 0. The minimum Gasteiger partial charge on any atom is -0.379 e. The van der Waals surface area contributed by atoms with Gasteiger partial charge in [0.1, 0.15) is 5.82 Å². The second kappa shape index (κ2) is 4.65. The molecule has 1 aromatic heterocycles. The summed E-state index contributed by atoms with van der Waals surface area (Å²) in [7, 11) is 1.49. The summed E-state index contributed by atoms with van der Waals surface area (Å²) in [5, 5.41) is 3.93. The molecule has 0 aliphatic heterocycles. The smallest absolute Gasteiger partial charge is 0.379 e. The van der Waals surface area contributed by atoms with Crippen molar-refractivity contribution in [2.75, 3.05) is 13.7 Å². The van der Waals surface area contributed by atoms with Gasteiger partial charge in [0.15, 0.2) is 5.69 Å². The van der Waals surface area contributed by atoms with E-state index < -0.39 is 11.9 Å². The topological polar surface area (TPSA) is 39.4 Å². The SMILES string of the molecule is COC/C(C)=N/n1cc(C(F)(F)F)nc1C. The molecule has 0 aliphatic carbocycles. The Morgan fingerprint density at radius 3 is 2.62 bits per heavy atom. The number of rotatable bonds is 3. The molecular weight excluding hydrogens is 223 g/mol. The van der Waals surface area contributed by atoms with Crippen molar-refractivity contribution in [2.24, 2.45) is 5.10 Å². The lowest BCUT2D eigenvalue weighted by Gasteiger charge is -2.00. The molecule has 0 saturated heterocycles. The normalized spacial score (nSPS) is 13.2. The van der Waals surface area contributed by atoms with Gasteiger partial charge in [-0.1, -0.05) is 0 Å². The average Bonchev–Trinajstić information content (AvgIpc) is 2.47. The summed E-state index contributed by atoms with van der Waals surface area (Å²) in [6.45, 7) is 3.38. The zero-order chi connectivity index (χ0) is 12.3. The lowest BCUT2D eigenvalue weighted by molar-refractivity contribution is -0.141. The Hall–Kier alpha value is -1.37. The summed E-state index contributed by atoms with van der Waals surface area (Å²) in [4.78, 5) is 3.39. The molecule has 1 heterocycles. The third-order valence-electron chi connectivity index (χ3n) is 1.78. The van der Waals surface area contributed by atoms with Crippen molar-refractivity contribution in [3.63, 3.8) is 0 Å². The van der Waals surface area contributed by atoms with E-state index >= 15 is 0 Å². The molecule has 0 fully saturated rings. The van der Waals surface area contributed by atoms with Crippen LogP contribution in [0.25, 0.3) is 0 Å². The largest absolute Gasteiger partial charge is 0.434 e. The summed E-state index contributed by atoms with van der Waals surface area (Å²) < 4.78 is 42.9. The number of halogens is 3. The van der Waals surface area contributed by atoms with Gasteiger partial charge in [-0.25, -0.2) is 9.66 Å². The highest BCUT2D eigenvalue weighted by Gasteiger charge is 2.34. The molecule has 0 aromatic carbocycles. The first-order valence-corrected chi connectivity index (χ1v) is 4.51. The van der Waals surface area contributed by atoms with Crippen molar-refractivity contribution in [2.45, 2.75) is 20.0 Å². The van der Waals surface area contributed by atoms with E-state index in [2.05, 4.69) is 10.1 Å². The van der Waals surface area contributed by atoms with Crippen LogP contribution in [-0.2, 0) is 10.9 Å². The fraction of sp³-hybridized carbons (Fsp3) is 0.556. The minimum absolute atomic E-state index is 0.183. The van der Waals surface area contributed by atoms with E-state index in [4.69, 9.17) is 4.74 Å². The van der Waals surface area contributed by atoms with Crippen molar-refractivity contribution in [3.8, 4) is 0 Å². The van der Waals surface area contributed by atoms with Gasteiger partial charge in [-0.3, -0.25) is 0 Å². The highest BCUT2D eigenvalue weighted by molar-refractivity contribution is 5.82. The third-order valence-corrected chi connectivity index (χ3v) is 1.78. The molecule has 0 saturated carbocycles. The van der Waals surface area contributed by atoms with Crippen molar-refractivity contribution < 1.29 is 17.9 Å². The van der Waals surface area contributed by atoms with Gasteiger partial charge >= 0.3 is 6.18 Å². The molecule has 0 amide bonds. The molecule has 0 unspecified atom stereocenters. The molecule has 0 spiro atoms. The number of imidazole rings is 1. The summed E-state index contributed by atoms with van der Waals surface area (Å²) >= 11 is 0. The number of hydrogen-bond acceptors (Lipinski definition) is 3. The zero-order valence-electron chi connectivity index (χ0n) is 9.17. The van der Waals surface area contributed by atoms with E-state index in [1.54, 1.807) is 6.92 Å². The number of nitrogens with zero attached hydrogens (tertiary/aromatic N) is 3. The molecular formula is C9H12F3N3O. The third kappa shape index (κ3) is 3.06. The molecule has 4 nitrogen and oxygen atoms in total. The molecule has 0 aliphatic rings. The summed E-state index contributed by atoms with van der Waals surface area (Å²) in [6, 6.07) is 0. The maximum absolute atomic E-state index is 12.3. The van der Waals surface area contributed by atoms with Crippen LogP contribution in [0.15, 0.2) is 11.3 Å². The molecule has 0 bridgehead atoms. The van der Waals surface area contributed by atoms with Gasteiger partial charge in [-0.05, 0) is 13.8 Å². The van der Waals surface area contributed by atoms with Crippen LogP contribution in [0.2, 0.25) is 0 Å². The van der Waals surface area contributed by atoms with E-state index in [1.165, 1.54) is 14.0 Å². The highest BCUT2D eigenvalue weighted by atomic mass is 19.4. The summed E-state index contributed by atoms with van der Waals surface area (Å²) in [5.41, 5.74) is -0.379. The predicted molar refractivity (Wildman–Crippen MR) is 52.3 cm³/mol. The van der Waals surface area contributed by atoms with Gasteiger partial charge in [0.25, 0.3) is 0 Å². The Balaban J connectivity index is 2.99. The minimum atomic E-state index is -4.44. The van der Waals surface area contributed by atoms with Gasteiger partial charge in [0.2, 0.25) is 0 Å². The van der Waals surface area contributed by atoms with Crippen LogP contribution < -0.4 is 0 Å². The van der Waals surface area contributed by atoms with Crippen LogP contribution >= 0.6 is 0 Å². The highest BCUT2D eigenvalue weighted by Crippen LogP contribution is 2.28. The molecule has 7 heteroatoms. The Kier molecular flexibility index (Phi) is 3.69. The van der Waals surface area contributed by atoms with Gasteiger partial charge < -0.3 is 4.74 Å². The number of alkyl halides is 3. The predicted octanol–water partition coefficient (Wildman–Crippen LogP) is 2.08. The number of aryl methyl sites for hydroxylation is 1. The first kappa shape index (κ1) is 12.7. The lowest BCUT2D eigenvalue weighted by atomic mass is 10.5. The van der Waals surface area contributed by atoms with Gasteiger partial charge in [-0.15, -0.1) is 0 Å². The molecule has 0 N–H and O–H groups in total. The van der Waals surface area contributed by atoms with E-state index in [9.17, 15) is 13.2 Å². The molecule has 1 rings (SSSR count). The first-order chi connectivity index (χ1) is 7.34. The number of ether oxygens (including phenoxy) is 1. The monoisotopic (exact) mass is 235 g/mol. The average molecular weight is 235 g/mol. The van der Waals surface area contributed by atoms with Crippen LogP contribution in [0.1, 0.15) is 18.4 Å². The van der Waals surface area contributed by atoms with Crippen molar-refractivity contribution >= 4 is 5.71 Å². The van der Waals surface area contributed by atoms with Crippen LogP contribution in [0.5, 0.6) is 0 Å². The summed E-state index contributed by atoms with van der Waals surface area (Å²) in [5.74, 6) is 0.183. The van der Waals surface area contributed by atoms with Gasteiger partial charge in [-0.2, -0.15) is 18.3 Å². The van der Waals surface area contributed by atoms with Crippen molar-refractivity contribution in [1.82, 2.24) is 9.66 Å². The second-order valence-corrected chi connectivity index (χ2v) is 3.28. The Labute approximate surface area is 90.7 Å². The Bertz CT molecular complexity index is 395. The van der Waals surface area contributed by atoms with Crippen molar-refractivity contribution in [1.29, 1.82) is 0 Å². The van der Waals surface area contributed by atoms with E-state index in [-0.39, 0.29) is 12.4 Å². The maximum atomic E-state index is 12.3. The fourth-order valence-corrected chi connectivity index (χ4v) is 1.12. The maximum Gasteiger partial charge on any atom is 0.434 e. The van der Waals surface area contributed by atoms with Crippen LogP contribution in [0, 0.1) is 6.92 Å². The fourth-order valence-electron chi connectivity index (χ4n) is 1.12. The standard InChI is InChI=1S/C9H12F3N3O/c1-6(5-16-3)14-15-4-8(9(10,11)12)13-7(15)2/h4H,5H2,1-3H3/b14-6+. The first-order valence-electron chi connectivity index (χ1n) is 4.51. The quantitative estimate of drug-likeness (QED) is 0.752. The van der Waals surface area contributed by atoms with Crippen LogP contribution in [0.4, 0.5) is 13.2 Å². The van der Waals surface area contributed by atoms with Gasteiger partial charge in [0.05, 0.1) is 18.5 Å². The number of aromatic nitrogens is 2. The molecule has 1 aromatic rings. The van der Waals surface area contributed by atoms with E-state index in [1.807, 2.05) is 0 Å². The Morgan fingerprint density at radius 2 is 2.19 bits per heavy atom. The Morgan fingerprint density at radius 1 is 1.56 bits per heavy atom. The number of methoxy groups -OCH3 is 1. The molecule has 16 heavy (non-hydrogen) atoms. The second-order valence-electron chi connectivity index (χ2n) is 3.28. The van der Waals surface area contributed by atoms with E-state index in [0.717, 1.165) is 10.9 Å². The van der Waals surface area contributed by atoms with Crippen LogP contribution in [0.3, 0.4) is 0 Å². The van der Waals surface area contributed by atoms with Crippen LogP contribution in [-0.4, -0.2) is 29.1 Å². The zero-order valence-corrected chi connectivity index (χ0v) is 9.17. The van der Waals surface area contributed by atoms with Gasteiger partial charge in [0, 0.05) is 7.11 Å². The molecule has 90 valence electrons. The lowest BCUT2D eigenvalue weighted by Crippen LogP contribution is -2.06. The summed E-state index contributed by atoms with van der Waals surface area (Å²) in [6.07, 6.45) is -3.59. The molecule has 0 atom stereocenters. The molecule has 0 radical (unpaired) electrons.